The minimum atomic E-state index is -0.468. The third-order valence-corrected chi connectivity index (χ3v) is 4.13. The van der Waals surface area contributed by atoms with Crippen molar-refractivity contribution >= 4 is 28.9 Å². The molecule has 2 aromatic carbocycles. The van der Waals surface area contributed by atoms with Crippen LogP contribution in [0.4, 0.5) is 5.69 Å². The average molecular weight is 378 g/mol. The molecule has 3 rings (SSSR count). The largest absolute Gasteiger partial charge is 0.482 e. The molecule has 0 saturated heterocycles. The van der Waals surface area contributed by atoms with Gasteiger partial charge in [-0.25, -0.2) is 4.98 Å². The summed E-state index contributed by atoms with van der Waals surface area (Å²) in [5, 5.41) is 12.3. The van der Waals surface area contributed by atoms with Crippen LogP contribution in [0.25, 0.3) is 0 Å². The molecule has 0 fully saturated rings. The van der Waals surface area contributed by atoms with E-state index >= 15 is 0 Å². The topological polar surface area (TPSA) is 81.0 Å². The molecule has 6 nitrogen and oxygen atoms in total. The summed E-state index contributed by atoms with van der Waals surface area (Å²) in [4.78, 5) is 18.0. The summed E-state index contributed by atoms with van der Waals surface area (Å²) in [5.74, 6) is 0.912. The molecule has 1 aromatic heterocycles. The number of nitrogens with zero attached hydrogens (tertiary/aromatic N) is 2. The first-order valence-electron chi connectivity index (χ1n) is 7.35. The van der Waals surface area contributed by atoms with Crippen molar-refractivity contribution in [2.24, 2.45) is 0 Å². The predicted octanol–water partition coefficient (Wildman–Crippen LogP) is 4.79. The Morgan fingerprint density at radius 2 is 2.04 bits per heavy atom. The number of benzene rings is 2. The second-order valence-corrected chi connectivity index (χ2v) is 6.14. The van der Waals surface area contributed by atoms with E-state index in [9.17, 15) is 10.1 Å². The molecule has 0 aliphatic heterocycles. The zero-order valence-electron chi connectivity index (χ0n) is 12.9. The Hall–Kier alpha value is -2.57. The van der Waals surface area contributed by atoms with Crippen LogP contribution in [-0.4, -0.2) is 14.9 Å². The van der Waals surface area contributed by atoms with Crippen molar-refractivity contribution in [1.82, 2.24) is 9.97 Å². The monoisotopic (exact) mass is 377 g/mol. The molecule has 0 aliphatic rings. The zero-order chi connectivity index (χ0) is 17.8. The van der Waals surface area contributed by atoms with Gasteiger partial charge in [-0.15, -0.1) is 0 Å². The Balaban J connectivity index is 1.79. The third-order valence-electron chi connectivity index (χ3n) is 3.54. The molecule has 0 bridgehead atoms. The van der Waals surface area contributed by atoms with Gasteiger partial charge in [0.05, 0.1) is 4.92 Å². The number of aromatic nitrogens is 2. The molecule has 1 N–H and O–H groups in total. The summed E-state index contributed by atoms with van der Waals surface area (Å²) in [6, 6.07) is 9.85. The second-order valence-electron chi connectivity index (χ2n) is 5.30. The summed E-state index contributed by atoms with van der Waals surface area (Å²) < 4.78 is 5.60. The summed E-state index contributed by atoms with van der Waals surface area (Å²) in [5.41, 5.74) is 1.35. The number of nitro groups is 1. The minimum absolute atomic E-state index is 0.103. The van der Waals surface area contributed by atoms with E-state index in [1.807, 2.05) is 0 Å². The number of nitro benzene ring substituents is 1. The first-order chi connectivity index (χ1) is 12.0. The summed E-state index contributed by atoms with van der Waals surface area (Å²) >= 11 is 11.9. The normalized spacial score (nSPS) is 10.6. The number of aromatic amines is 1. The van der Waals surface area contributed by atoms with Gasteiger partial charge >= 0.3 is 5.69 Å². The number of hydrogen-bond donors (Lipinski definition) is 1. The Labute approximate surface area is 153 Å². The number of H-pyrrole nitrogens is 1. The Kier molecular flexibility index (Phi) is 5.21. The lowest BCUT2D eigenvalue weighted by Gasteiger charge is -2.09. The van der Waals surface area contributed by atoms with Crippen molar-refractivity contribution in [2.75, 3.05) is 0 Å². The van der Waals surface area contributed by atoms with E-state index < -0.39 is 4.92 Å². The fourth-order valence-corrected chi connectivity index (χ4v) is 2.78. The summed E-state index contributed by atoms with van der Waals surface area (Å²) in [6.45, 7) is 0.106. The van der Waals surface area contributed by atoms with Crippen molar-refractivity contribution in [3.05, 3.63) is 85.9 Å². The van der Waals surface area contributed by atoms with E-state index in [-0.39, 0.29) is 18.0 Å². The van der Waals surface area contributed by atoms with Crippen LogP contribution in [0, 0.1) is 10.1 Å². The number of halogens is 2. The zero-order valence-corrected chi connectivity index (χ0v) is 14.4. The minimum Gasteiger partial charge on any atom is -0.482 e. The quantitative estimate of drug-likeness (QED) is 0.494. The highest BCUT2D eigenvalue weighted by atomic mass is 35.5. The predicted molar refractivity (Wildman–Crippen MR) is 95.3 cm³/mol. The fraction of sp³-hybridized carbons (Fsp3) is 0.118. The molecule has 0 radical (unpaired) electrons. The summed E-state index contributed by atoms with van der Waals surface area (Å²) in [6.07, 6.45) is 3.81. The molecule has 0 aliphatic carbocycles. The maximum atomic E-state index is 11.4. The number of hydrogen-bond acceptors (Lipinski definition) is 4. The smallest absolute Gasteiger partial charge is 0.311 e. The van der Waals surface area contributed by atoms with Gasteiger partial charge in [0.2, 0.25) is 0 Å². The van der Waals surface area contributed by atoms with Gasteiger partial charge in [-0.3, -0.25) is 10.1 Å². The lowest BCUT2D eigenvalue weighted by Crippen LogP contribution is -2.01. The number of ether oxygens (including phenoxy) is 1. The van der Waals surface area contributed by atoms with Crippen molar-refractivity contribution in [2.45, 2.75) is 13.0 Å². The molecule has 0 spiro atoms. The maximum absolute atomic E-state index is 11.4. The maximum Gasteiger partial charge on any atom is 0.311 e. The Morgan fingerprint density at radius 3 is 2.72 bits per heavy atom. The molecular formula is C17H13Cl2N3O3. The van der Waals surface area contributed by atoms with Gasteiger partial charge in [-0.1, -0.05) is 35.3 Å². The highest BCUT2D eigenvalue weighted by Gasteiger charge is 2.17. The fourth-order valence-electron chi connectivity index (χ4n) is 2.32. The Morgan fingerprint density at radius 1 is 1.20 bits per heavy atom. The van der Waals surface area contributed by atoms with Crippen LogP contribution in [0.1, 0.15) is 17.0 Å². The molecule has 3 aromatic rings. The van der Waals surface area contributed by atoms with Gasteiger partial charge in [-0.2, -0.15) is 0 Å². The average Bonchev–Trinajstić information content (AvgIpc) is 3.07. The Bertz CT molecular complexity index is 898. The van der Waals surface area contributed by atoms with Gasteiger partial charge in [0, 0.05) is 40.5 Å². The van der Waals surface area contributed by atoms with Crippen LogP contribution in [-0.2, 0) is 13.0 Å². The lowest BCUT2D eigenvalue weighted by molar-refractivity contribution is -0.386. The molecule has 0 amide bonds. The van der Waals surface area contributed by atoms with Gasteiger partial charge in [-0.05, 0) is 23.8 Å². The molecule has 8 heteroatoms. The highest BCUT2D eigenvalue weighted by Crippen LogP contribution is 2.30. The molecule has 1 heterocycles. The van der Waals surface area contributed by atoms with Crippen molar-refractivity contribution in [3.8, 4) is 5.75 Å². The summed E-state index contributed by atoms with van der Waals surface area (Å²) in [7, 11) is 0. The van der Waals surface area contributed by atoms with Crippen LogP contribution in [0.3, 0.4) is 0 Å². The number of rotatable bonds is 6. The van der Waals surface area contributed by atoms with Crippen LogP contribution in [0.5, 0.6) is 5.75 Å². The first kappa shape index (κ1) is 17.3. The van der Waals surface area contributed by atoms with Gasteiger partial charge in [0.15, 0.2) is 5.75 Å². The van der Waals surface area contributed by atoms with Crippen LogP contribution >= 0.6 is 23.2 Å². The van der Waals surface area contributed by atoms with E-state index in [4.69, 9.17) is 27.9 Å². The van der Waals surface area contributed by atoms with E-state index in [1.54, 1.807) is 42.7 Å². The number of imidazole rings is 1. The van der Waals surface area contributed by atoms with Gasteiger partial charge in [0.25, 0.3) is 0 Å². The van der Waals surface area contributed by atoms with E-state index in [1.165, 1.54) is 6.07 Å². The second kappa shape index (κ2) is 7.55. The van der Waals surface area contributed by atoms with E-state index in [0.717, 1.165) is 11.4 Å². The molecular weight excluding hydrogens is 365 g/mol. The SMILES string of the molecule is O=[N+]([O-])c1cc(Cc2ncc[nH]2)ccc1OCc1ccc(Cl)cc1Cl. The van der Waals surface area contributed by atoms with E-state index in [0.29, 0.717) is 22.0 Å². The van der Waals surface area contributed by atoms with Crippen LogP contribution < -0.4 is 4.74 Å². The van der Waals surface area contributed by atoms with Crippen LogP contribution in [0.15, 0.2) is 48.8 Å². The molecule has 25 heavy (non-hydrogen) atoms. The first-order valence-corrected chi connectivity index (χ1v) is 8.11. The lowest BCUT2D eigenvalue weighted by atomic mass is 10.1. The van der Waals surface area contributed by atoms with Gasteiger partial charge < -0.3 is 9.72 Å². The molecule has 0 saturated carbocycles. The standard InChI is InChI=1S/C17H13Cl2N3O3/c18-13-3-2-12(14(19)9-13)10-25-16-4-1-11(7-15(16)22(23)24)8-17-20-5-6-21-17/h1-7,9H,8,10H2,(H,20,21). The van der Waals surface area contributed by atoms with Crippen molar-refractivity contribution < 1.29 is 9.66 Å². The highest BCUT2D eigenvalue weighted by molar-refractivity contribution is 6.35. The van der Waals surface area contributed by atoms with Gasteiger partial charge in [0.1, 0.15) is 12.4 Å². The van der Waals surface area contributed by atoms with Crippen LogP contribution in [0.2, 0.25) is 10.0 Å². The molecule has 0 unspecified atom stereocenters. The molecule has 128 valence electrons. The van der Waals surface area contributed by atoms with Crippen molar-refractivity contribution in [3.63, 3.8) is 0 Å². The van der Waals surface area contributed by atoms with Crippen molar-refractivity contribution in [1.29, 1.82) is 0 Å². The third kappa shape index (κ3) is 4.29. The molecule has 0 atom stereocenters. The van der Waals surface area contributed by atoms with E-state index in [2.05, 4.69) is 9.97 Å². The number of nitrogens with one attached hydrogen (secondary N) is 1.